The molecule has 7 heteroatoms. The number of amides is 1. The van der Waals surface area contributed by atoms with Crippen LogP contribution in [-0.4, -0.2) is 10.8 Å². The summed E-state index contributed by atoms with van der Waals surface area (Å²) in [6.07, 6.45) is 2.89. The van der Waals surface area contributed by atoms with Gasteiger partial charge in [0.2, 0.25) is 5.91 Å². The van der Waals surface area contributed by atoms with Crippen molar-refractivity contribution >= 4 is 49.9 Å². The van der Waals surface area contributed by atoms with Crippen molar-refractivity contribution in [2.75, 3.05) is 5.32 Å². The first-order valence-corrected chi connectivity index (χ1v) is 7.14. The van der Waals surface area contributed by atoms with Crippen molar-refractivity contribution in [3.63, 3.8) is 0 Å². The van der Waals surface area contributed by atoms with E-state index in [1.54, 1.807) is 24.3 Å². The van der Waals surface area contributed by atoms with Crippen LogP contribution in [0.3, 0.4) is 0 Å². The largest absolute Gasteiger partial charge is 0.324 e. The van der Waals surface area contributed by atoms with Crippen molar-refractivity contribution < 1.29 is 9.72 Å². The lowest BCUT2D eigenvalue weighted by Crippen LogP contribution is -2.07. The third-order valence-corrected chi connectivity index (χ3v) is 3.78. The SMILES string of the molecule is O=C(/C=C/c1ccc([N+](=O)[O-])s1)Nc1cccc(Br)c1. The van der Waals surface area contributed by atoms with Crippen LogP contribution in [0.1, 0.15) is 4.88 Å². The Morgan fingerprint density at radius 2 is 2.15 bits per heavy atom. The Bertz CT molecular complexity index is 682. The summed E-state index contributed by atoms with van der Waals surface area (Å²) < 4.78 is 0.869. The number of nitrogens with one attached hydrogen (secondary N) is 1. The van der Waals surface area contributed by atoms with Gasteiger partial charge in [0, 0.05) is 27.2 Å². The molecule has 0 saturated carbocycles. The van der Waals surface area contributed by atoms with E-state index in [-0.39, 0.29) is 10.9 Å². The summed E-state index contributed by atoms with van der Waals surface area (Å²) in [5, 5.41) is 13.3. The molecule has 102 valence electrons. The third-order valence-electron chi connectivity index (χ3n) is 2.28. The van der Waals surface area contributed by atoms with Gasteiger partial charge in [-0.3, -0.25) is 14.9 Å². The van der Waals surface area contributed by atoms with Gasteiger partial charge in [0.25, 0.3) is 0 Å². The normalized spacial score (nSPS) is 10.7. The Balaban J connectivity index is 2.00. The van der Waals surface area contributed by atoms with E-state index in [2.05, 4.69) is 21.2 Å². The van der Waals surface area contributed by atoms with E-state index in [1.807, 2.05) is 12.1 Å². The van der Waals surface area contributed by atoms with E-state index in [9.17, 15) is 14.9 Å². The fourth-order valence-electron chi connectivity index (χ4n) is 1.44. The molecule has 0 radical (unpaired) electrons. The zero-order chi connectivity index (χ0) is 14.5. The van der Waals surface area contributed by atoms with Crippen molar-refractivity contribution in [3.8, 4) is 0 Å². The number of nitrogens with zero attached hydrogens (tertiary/aromatic N) is 1. The number of carbonyl (C=O) groups excluding carboxylic acids is 1. The average molecular weight is 353 g/mol. The van der Waals surface area contributed by atoms with Gasteiger partial charge in [-0.25, -0.2) is 0 Å². The topological polar surface area (TPSA) is 72.2 Å². The number of halogens is 1. The molecule has 0 bridgehead atoms. The summed E-state index contributed by atoms with van der Waals surface area (Å²) in [5.41, 5.74) is 0.672. The van der Waals surface area contributed by atoms with Crippen molar-refractivity contribution in [3.05, 3.63) is 61.9 Å². The number of nitro groups is 1. The number of benzene rings is 1. The number of hydrogen-bond acceptors (Lipinski definition) is 4. The van der Waals surface area contributed by atoms with Gasteiger partial charge in [0.15, 0.2) is 0 Å². The van der Waals surface area contributed by atoms with Gasteiger partial charge in [0.05, 0.1) is 4.92 Å². The fourth-order valence-corrected chi connectivity index (χ4v) is 2.56. The van der Waals surface area contributed by atoms with Crippen molar-refractivity contribution in [1.82, 2.24) is 0 Å². The highest BCUT2D eigenvalue weighted by atomic mass is 79.9. The third kappa shape index (κ3) is 4.01. The molecule has 1 aromatic heterocycles. The molecule has 0 unspecified atom stereocenters. The summed E-state index contributed by atoms with van der Waals surface area (Å²) in [4.78, 5) is 22.4. The van der Waals surface area contributed by atoms with Crippen LogP contribution in [0.5, 0.6) is 0 Å². The minimum Gasteiger partial charge on any atom is -0.322 e. The van der Waals surface area contributed by atoms with Crippen molar-refractivity contribution in [2.24, 2.45) is 0 Å². The molecule has 1 aromatic carbocycles. The van der Waals surface area contributed by atoms with E-state index >= 15 is 0 Å². The molecule has 0 aliphatic rings. The molecule has 0 fully saturated rings. The zero-order valence-electron chi connectivity index (χ0n) is 10.1. The lowest BCUT2D eigenvalue weighted by molar-refractivity contribution is -0.380. The second kappa shape index (κ2) is 6.44. The lowest BCUT2D eigenvalue weighted by atomic mass is 10.3. The summed E-state index contributed by atoms with van der Waals surface area (Å²) in [7, 11) is 0. The maximum absolute atomic E-state index is 11.7. The standard InChI is InChI=1S/C13H9BrN2O3S/c14-9-2-1-3-10(8-9)15-12(17)6-4-11-5-7-13(20-11)16(18)19/h1-8H,(H,15,17)/b6-4+. The minimum atomic E-state index is -0.455. The van der Waals surface area contributed by atoms with Crippen LogP contribution in [0.4, 0.5) is 10.7 Å². The van der Waals surface area contributed by atoms with Crippen molar-refractivity contribution in [2.45, 2.75) is 0 Å². The Morgan fingerprint density at radius 1 is 1.35 bits per heavy atom. The number of anilines is 1. The zero-order valence-corrected chi connectivity index (χ0v) is 12.5. The minimum absolute atomic E-state index is 0.0528. The Kier molecular flexibility index (Phi) is 4.65. The van der Waals surface area contributed by atoms with Crippen LogP contribution in [0.2, 0.25) is 0 Å². The van der Waals surface area contributed by atoms with Crippen LogP contribution < -0.4 is 5.32 Å². The van der Waals surface area contributed by atoms with Crippen LogP contribution in [0, 0.1) is 10.1 Å². The maximum atomic E-state index is 11.7. The Labute approximate surface area is 127 Å². The van der Waals surface area contributed by atoms with Gasteiger partial charge in [-0.05, 0) is 30.3 Å². The van der Waals surface area contributed by atoms with Crippen LogP contribution in [0.15, 0.2) is 46.9 Å². The second-order valence-electron chi connectivity index (χ2n) is 3.77. The average Bonchev–Trinajstić information content (AvgIpc) is 2.85. The van der Waals surface area contributed by atoms with Crippen LogP contribution >= 0.6 is 27.3 Å². The highest BCUT2D eigenvalue weighted by molar-refractivity contribution is 9.10. The first-order valence-electron chi connectivity index (χ1n) is 5.53. The van der Waals surface area contributed by atoms with Crippen LogP contribution in [-0.2, 0) is 4.79 Å². The number of hydrogen-bond donors (Lipinski definition) is 1. The predicted octanol–water partition coefficient (Wildman–Crippen LogP) is 4.07. The summed E-state index contributed by atoms with van der Waals surface area (Å²) in [6, 6.07) is 10.2. The molecule has 1 amide bonds. The van der Waals surface area contributed by atoms with Gasteiger partial charge in [-0.15, -0.1) is 0 Å². The predicted molar refractivity (Wildman–Crippen MR) is 82.8 cm³/mol. The Hall–Kier alpha value is -1.99. The molecule has 0 aliphatic heterocycles. The molecule has 0 saturated heterocycles. The number of thiophene rings is 1. The molecule has 2 rings (SSSR count). The Morgan fingerprint density at radius 3 is 2.80 bits per heavy atom. The molecular weight excluding hydrogens is 344 g/mol. The van der Waals surface area contributed by atoms with E-state index < -0.39 is 4.92 Å². The quantitative estimate of drug-likeness (QED) is 0.512. The molecule has 0 spiro atoms. The molecule has 20 heavy (non-hydrogen) atoms. The van der Waals surface area contributed by atoms with Gasteiger partial charge in [-0.2, -0.15) is 0 Å². The van der Waals surface area contributed by atoms with Crippen molar-refractivity contribution in [1.29, 1.82) is 0 Å². The second-order valence-corrected chi connectivity index (χ2v) is 5.78. The molecular formula is C13H9BrN2O3S. The number of carbonyl (C=O) groups is 1. The van der Waals surface area contributed by atoms with Gasteiger partial charge in [-0.1, -0.05) is 33.3 Å². The van der Waals surface area contributed by atoms with Gasteiger partial charge in [0.1, 0.15) is 0 Å². The molecule has 0 atom stereocenters. The molecule has 5 nitrogen and oxygen atoms in total. The first kappa shape index (κ1) is 14.4. The number of rotatable bonds is 4. The van der Waals surface area contributed by atoms with Gasteiger partial charge < -0.3 is 5.32 Å². The van der Waals surface area contributed by atoms with E-state index in [0.29, 0.717) is 10.6 Å². The van der Waals surface area contributed by atoms with E-state index in [1.165, 1.54) is 12.1 Å². The maximum Gasteiger partial charge on any atom is 0.324 e. The summed E-state index contributed by atoms with van der Waals surface area (Å²) in [6.45, 7) is 0. The van der Waals surface area contributed by atoms with Gasteiger partial charge >= 0.3 is 5.00 Å². The summed E-state index contributed by atoms with van der Waals surface area (Å²) >= 11 is 4.33. The monoisotopic (exact) mass is 352 g/mol. The molecule has 1 N–H and O–H groups in total. The highest BCUT2D eigenvalue weighted by Gasteiger charge is 2.07. The molecule has 1 heterocycles. The highest BCUT2D eigenvalue weighted by Crippen LogP contribution is 2.24. The first-order chi connectivity index (χ1) is 9.54. The summed E-state index contributed by atoms with van der Waals surface area (Å²) in [5.74, 6) is -0.292. The smallest absolute Gasteiger partial charge is 0.322 e. The van der Waals surface area contributed by atoms with Crippen LogP contribution in [0.25, 0.3) is 6.08 Å². The van der Waals surface area contributed by atoms with E-state index in [0.717, 1.165) is 15.8 Å². The van der Waals surface area contributed by atoms with E-state index in [4.69, 9.17) is 0 Å². The lowest BCUT2D eigenvalue weighted by Gasteiger charge is -2.01. The molecule has 0 aliphatic carbocycles. The molecule has 2 aromatic rings. The fraction of sp³-hybridized carbons (Fsp3) is 0.